The summed E-state index contributed by atoms with van der Waals surface area (Å²) in [6.07, 6.45) is -0.821. The molecule has 2 nitrogen and oxygen atoms in total. The Hall–Kier alpha value is -1.83. The molecular formula is C16H11F3LiN2+. The van der Waals surface area contributed by atoms with Gasteiger partial charge < -0.3 is 0 Å². The Morgan fingerprint density at radius 2 is 1.77 bits per heavy atom. The van der Waals surface area contributed by atoms with Crippen LogP contribution in [0.15, 0.2) is 65.9 Å². The van der Waals surface area contributed by atoms with E-state index in [1.54, 1.807) is 10.9 Å². The van der Waals surface area contributed by atoms with E-state index < -0.39 is 11.7 Å². The first kappa shape index (κ1) is 16.5. The van der Waals surface area contributed by atoms with E-state index >= 15 is 0 Å². The zero-order chi connectivity index (χ0) is 14.9. The molecule has 1 aliphatic rings. The first-order chi connectivity index (χ1) is 10.1. The van der Waals surface area contributed by atoms with Crippen LogP contribution in [-0.2, 0) is 6.18 Å². The van der Waals surface area contributed by atoms with Crippen molar-refractivity contribution in [3.63, 3.8) is 0 Å². The van der Waals surface area contributed by atoms with Crippen molar-refractivity contribution in [2.45, 2.75) is 12.2 Å². The van der Waals surface area contributed by atoms with Gasteiger partial charge in [-0.15, -0.1) is 6.07 Å². The molecule has 0 bridgehead atoms. The number of hydrogen-bond donors (Lipinski definition) is 0. The maximum atomic E-state index is 12.6. The second-order valence-corrected chi connectivity index (χ2v) is 4.62. The zero-order valence-electron chi connectivity index (χ0n) is 11.9. The molecule has 3 rings (SSSR count). The molecule has 0 aromatic heterocycles. The molecule has 0 aliphatic carbocycles. The smallest absolute Gasteiger partial charge is 0.179 e. The molecule has 0 fully saturated rings. The van der Waals surface area contributed by atoms with Crippen LogP contribution in [0.1, 0.15) is 17.2 Å². The second-order valence-electron chi connectivity index (χ2n) is 4.62. The van der Waals surface area contributed by atoms with Gasteiger partial charge in [0, 0.05) is 11.6 Å². The maximum absolute atomic E-state index is 12.6. The molecule has 6 heteroatoms. The van der Waals surface area contributed by atoms with E-state index in [1.165, 1.54) is 6.07 Å². The number of nitrogens with zero attached hydrogens (tertiary/aromatic N) is 2. The standard InChI is InChI=1S/C16H11F3N2.Li/c17-16(18,19)13-6-8-14(9-7-13)21-15(10-11-20-21)12-4-2-1-3-5-12;/h1-8,10-11,15H;/q;+1. The van der Waals surface area contributed by atoms with E-state index in [4.69, 9.17) is 0 Å². The van der Waals surface area contributed by atoms with Crippen LogP contribution >= 0.6 is 0 Å². The van der Waals surface area contributed by atoms with Gasteiger partial charge in [0.05, 0.1) is 6.20 Å². The summed E-state index contributed by atoms with van der Waals surface area (Å²) in [6, 6.07) is 15.5. The van der Waals surface area contributed by atoms with Crippen LogP contribution in [0, 0.1) is 6.07 Å². The van der Waals surface area contributed by atoms with Gasteiger partial charge in [0.2, 0.25) is 6.04 Å². The fraction of sp³-hybridized carbons (Fsp3) is 0.125. The first-order valence-corrected chi connectivity index (χ1v) is 6.36. The van der Waals surface area contributed by atoms with Crippen molar-refractivity contribution >= 4 is 5.69 Å². The first-order valence-electron chi connectivity index (χ1n) is 6.36. The Kier molecular flexibility index (Phi) is 4.90. The van der Waals surface area contributed by atoms with Crippen molar-refractivity contribution in [1.82, 2.24) is 0 Å². The summed E-state index contributed by atoms with van der Waals surface area (Å²) in [7, 11) is 0. The molecule has 2 aromatic rings. The van der Waals surface area contributed by atoms with Crippen LogP contribution in [0.4, 0.5) is 18.9 Å². The van der Waals surface area contributed by atoms with E-state index in [0.717, 1.165) is 17.7 Å². The van der Waals surface area contributed by atoms with Crippen LogP contribution in [0.3, 0.4) is 0 Å². The third-order valence-electron chi connectivity index (χ3n) is 3.23. The summed E-state index contributed by atoms with van der Waals surface area (Å²) in [6.45, 7) is 0. The zero-order valence-corrected chi connectivity index (χ0v) is 11.9. The van der Waals surface area contributed by atoms with Gasteiger partial charge in [0.15, 0.2) is 0 Å². The topological polar surface area (TPSA) is 15.4 Å². The Morgan fingerprint density at radius 1 is 1.05 bits per heavy atom. The van der Waals surface area contributed by atoms with Crippen molar-refractivity contribution < 1.29 is 36.7 Å². The van der Waals surface area contributed by atoms with Crippen molar-refractivity contribution in [1.29, 1.82) is 0 Å². The van der Waals surface area contributed by atoms with E-state index in [1.807, 2.05) is 36.4 Å². The van der Waals surface area contributed by atoms with E-state index in [-0.39, 0.29) is 24.9 Å². The average Bonchev–Trinajstić information content (AvgIpc) is 2.97. The maximum Gasteiger partial charge on any atom is 1.00 e. The fourth-order valence-electron chi connectivity index (χ4n) is 2.20. The van der Waals surface area contributed by atoms with Crippen LogP contribution in [-0.4, -0.2) is 4.70 Å². The number of hydrogen-bond acceptors (Lipinski definition) is 1. The summed E-state index contributed by atoms with van der Waals surface area (Å²) in [5.41, 5.74) is 0.805. The van der Waals surface area contributed by atoms with E-state index in [9.17, 15) is 13.2 Å². The quantitative estimate of drug-likeness (QED) is 0.457. The Bertz CT molecular complexity index is 692. The molecule has 106 valence electrons. The molecule has 1 atom stereocenters. The summed E-state index contributed by atoms with van der Waals surface area (Å²) in [5, 5.41) is 4.20. The predicted molar refractivity (Wildman–Crippen MR) is 71.0 cm³/mol. The normalized spacial score (nSPS) is 17.0. The summed E-state index contributed by atoms with van der Waals surface area (Å²) >= 11 is 0. The minimum Gasteiger partial charge on any atom is -0.179 e. The number of rotatable bonds is 2. The summed E-state index contributed by atoms with van der Waals surface area (Å²) < 4.78 is 39.4. The largest absolute Gasteiger partial charge is 1.00 e. The van der Waals surface area contributed by atoms with Gasteiger partial charge in [0.1, 0.15) is 5.69 Å². The van der Waals surface area contributed by atoms with Crippen molar-refractivity contribution in [2.24, 2.45) is 5.11 Å². The fourth-order valence-corrected chi connectivity index (χ4v) is 2.20. The van der Waals surface area contributed by atoms with Crippen molar-refractivity contribution in [3.8, 4) is 0 Å². The molecule has 1 heterocycles. The summed E-state index contributed by atoms with van der Waals surface area (Å²) in [5.74, 6) is 0. The number of alkyl halides is 3. The van der Waals surface area contributed by atoms with Crippen LogP contribution in [0.5, 0.6) is 0 Å². The monoisotopic (exact) mass is 295 g/mol. The van der Waals surface area contributed by atoms with Gasteiger partial charge in [-0.2, -0.15) is 25.3 Å². The Labute approximate surface area is 138 Å². The average molecular weight is 295 g/mol. The van der Waals surface area contributed by atoms with Gasteiger partial charge in [-0.1, -0.05) is 46.7 Å². The third-order valence-corrected chi connectivity index (χ3v) is 3.23. The summed E-state index contributed by atoms with van der Waals surface area (Å²) in [4.78, 5) is 0. The van der Waals surface area contributed by atoms with Crippen molar-refractivity contribution in [3.05, 3.63) is 78.0 Å². The van der Waals surface area contributed by atoms with Crippen LogP contribution < -0.4 is 18.9 Å². The van der Waals surface area contributed by atoms with Gasteiger partial charge >= 0.3 is 25.0 Å². The Morgan fingerprint density at radius 3 is 2.36 bits per heavy atom. The van der Waals surface area contributed by atoms with Crippen LogP contribution in [0.25, 0.3) is 0 Å². The Balaban J connectivity index is 0.00000176. The molecule has 22 heavy (non-hydrogen) atoms. The molecule has 0 N–H and O–H groups in total. The minimum absolute atomic E-state index is 0. The van der Waals surface area contributed by atoms with Gasteiger partial charge in [-0.25, -0.2) is 0 Å². The molecular weight excluding hydrogens is 284 g/mol. The van der Waals surface area contributed by atoms with Crippen LogP contribution in [0.2, 0.25) is 0 Å². The number of benzene rings is 2. The van der Waals surface area contributed by atoms with Gasteiger partial charge in [0.25, 0.3) is 0 Å². The molecule has 1 aliphatic heterocycles. The molecule has 0 saturated carbocycles. The SMILES string of the molecule is FC(F)(F)c1c[c-]c([N+]2=NC=CC2c2ccccc2)cc1.[Li+]. The predicted octanol–water partition coefficient (Wildman–Crippen LogP) is 1.87. The molecule has 2 aromatic carbocycles. The molecule has 1 unspecified atom stereocenters. The second kappa shape index (κ2) is 6.51. The third kappa shape index (κ3) is 3.32. The van der Waals surface area contributed by atoms with E-state index in [2.05, 4.69) is 11.2 Å². The van der Waals surface area contributed by atoms with Gasteiger partial charge in [-0.05, 0) is 5.11 Å². The molecule has 0 amide bonds. The minimum atomic E-state index is -4.35. The number of halogens is 3. The molecule has 0 spiro atoms. The molecule has 0 radical (unpaired) electrons. The molecule has 0 saturated heterocycles. The number of azo groups is 2. The van der Waals surface area contributed by atoms with Crippen molar-refractivity contribution in [2.75, 3.05) is 0 Å². The van der Waals surface area contributed by atoms with E-state index in [0.29, 0.717) is 5.69 Å². The van der Waals surface area contributed by atoms with Gasteiger partial charge in [-0.3, -0.25) is 0 Å².